The first-order valence-electron chi connectivity index (χ1n) is 5.54. The Bertz CT molecular complexity index is 664. The zero-order valence-corrected chi connectivity index (χ0v) is 11.7. The van der Waals surface area contributed by atoms with E-state index in [4.69, 9.17) is 5.73 Å². The fourth-order valence-corrected chi connectivity index (χ4v) is 1.83. The average molecular weight is 342 g/mol. The summed E-state index contributed by atoms with van der Waals surface area (Å²) in [6, 6.07) is 7.60. The van der Waals surface area contributed by atoms with Crippen molar-refractivity contribution in [2.24, 2.45) is 0 Å². The number of benzene rings is 2. The molecule has 4 nitrogen and oxygen atoms in total. The molecule has 0 aliphatic heterocycles. The number of amides is 2. The molecule has 0 atom stereocenters. The average Bonchev–Trinajstić information content (AvgIpc) is 2.36. The number of nitrogens with one attached hydrogen (secondary N) is 2. The molecule has 20 heavy (non-hydrogen) atoms. The van der Waals surface area contributed by atoms with Crippen molar-refractivity contribution in [1.29, 1.82) is 0 Å². The number of hydrogen-bond donors (Lipinski definition) is 3. The molecule has 0 aliphatic rings. The first kappa shape index (κ1) is 14.3. The number of nitrogens with two attached hydrogens (primary N) is 1. The van der Waals surface area contributed by atoms with Gasteiger partial charge in [0.2, 0.25) is 0 Å². The van der Waals surface area contributed by atoms with Crippen LogP contribution in [0.15, 0.2) is 40.9 Å². The minimum atomic E-state index is -0.749. The largest absolute Gasteiger partial charge is 0.399 e. The maximum absolute atomic E-state index is 13.5. The van der Waals surface area contributed by atoms with E-state index in [-0.39, 0.29) is 10.2 Å². The summed E-state index contributed by atoms with van der Waals surface area (Å²) in [6.07, 6.45) is 0. The summed E-state index contributed by atoms with van der Waals surface area (Å²) >= 11 is 2.85. The molecule has 104 valence electrons. The topological polar surface area (TPSA) is 67.1 Å². The van der Waals surface area contributed by atoms with Gasteiger partial charge in [-0.05, 0) is 40.2 Å². The minimum absolute atomic E-state index is 0.0169. The molecule has 0 bridgehead atoms. The van der Waals surface area contributed by atoms with Crippen molar-refractivity contribution in [3.63, 3.8) is 0 Å². The van der Waals surface area contributed by atoms with Gasteiger partial charge in [0.05, 0.1) is 10.2 Å². The molecule has 0 fully saturated rings. The molecule has 0 aliphatic carbocycles. The third-order valence-electron chi connectivity index (χ3n) is 2.40. The molecular formula is C13H10BrF2N3O. The van der Waals surface area contributed by atoms with Gasteiger partial charge in [-0.25, -0.2) is 13.6 Å². The SMILES string of the molecule is Nc1cccc(NC(=O)Nc2cc(F)c(Br)cc2F)c1. The van der Waals surface area contributed by atoms with Gasteiger partial charge in [0.25, 0.3) is 0 Å². The second kappa shape index (κ2) is 5.87. The van der Waals surface area contributed by atoms with Crippen LogP contribution in [0.4, 0.5) is 30.6 Å². The first-order valence-corrected chi connectivity index (χ1v) is 6.33. The standard InChI is InChI=1S/C13H10BrF2N3O/c14-9-5-11(16)12(6-10(9)15)19-13(20)18-8-3-1-2-7(17)4-8/h1-6H,17H2,(H2,18,19,20). The molecular weight excluding hydrogens is 332 g/mol. The van der Waals surface area contributed by atoms with Crippen LogP contribution in [0.3, 0.4) is 0 Å². The van der Waals surface area contributed by atoms with Crippen molar-refractivity contribution in [3.05, 3.63) is 52.5 Å². The lowest BCUT2D eigenvalue weighted by Gasteiger charge is -2.09. The number of nitrogen functional groups attached to an aromatic ring is 1. The molecule has 2 aromatic rings. The Kier molecular flexibility index (Phi) is 4.19. The maximum atomic E-state index is 13.5. The molecule has 2 aromatic carbocycles. The molecule has 7 heteroatoms. The highest BCUT2D eigenvalue weighted by Crippen LogP contribution is 2.23. The first-order chi connectivity index (χ1) is 9.45. The van der Waals surface area contributed by atoms with Gasteiger partial charge in [0.1, 0.15) is 11.6 Å². The molecule has 0 aromatic heterocycles. The van der Waals surface area contributed by atoms with Crippen LogP contribution in [0.1, 0.15) is 0 Å². The van der Waals surface area contributed by atoms with E-state index in [2.05, 4.69) is 26.6 Å². The van der Waals surface area contributed by atoms with Crippen LogP contribution in [-0.2, 0) is 0 Å². The van der Waals surface area contributed by atoms with Crippen molar-refractivity contribution in [2.75, 3.05) is 16.4 Å². The van der Waals surface area contributed by atoms with Crippen molar-refractivity contribution in [2.45, 2.75) is 0 Å². The van der Waals surface area contributed by atoms with Crippen LogP contribution in [0.5, 0.6) is 0 Å². The lowest BCUT2D eigenvalue weighted by atomic mass is 10.3. The Balaban J connectivity index is 2.10. The smallest absolute Gasteiger partial charge is 0.323 e. The van der Waals surface area contributed by atoms with E-state index in [1.54, 1.807) is 18.2 Å². The Morgan fingerprint density at radius 1 is 1.10 bits per heavy atom. The highest BCUT2D eigenvalue weighted by atomic mass is 79.9. The Labute approximate surface area is 122 Å². The van der Waals surface area contributed by atoms with Crippen LogP contribution in [0, 0.1) is 11.6 Å². The molecule has 0 heterocycles. The summed E-state index contributed by atoms with van der Waals surface area (Å²) in [7, 11) is 0. The van der Waals surface area contributed by atoms with Gasteiger partial charge in [0.15, 0.2) is 0 Å². The third-order valence-corrected chi connectivity index (χ3v) is 3.01. The van der Waals surface area contributed by atoms with Crippen LogP contribution in [0.25, 0.3) is 0 Å². The lowest BCUT2D eigenvalue weighted by molar-refractivity contribution is 0.262. The number of anilines is 3. The second-order valence-corrected chi connectivity index (χ2v) is 4.81. The predicted molar refractivity (Wildman–Crippen MR) is 77.6 cm³/mol. The molecule has 4 N–H and O–H groups in total. The highest BCUT2D eigenvalue weighted by molar-refractivity contribution is 9.10. The molecule has 0 saturated carbocycles. The number of halogens is 3. The van der Waals surface area contributed by atoms with Gasteiger partial charge in [-0.3, -0.25) is 0 Å². The number of carbonyl (C=O) groups excluding carboxylic acids is 1. The molecule has 0 spiro atoms. The molecule has 0 unspecified atom stereocenters. The van der Waals surface area contributed by atoms with E-state index < -0.39 is 17.7 Å². The minimum Gasteiger partial charge on any atom is -0.399 e. The summed E-state index contributed by atoms with van der Waals surface area (Å²) in [6.45, 7) is 0. The van der Waals surface area contributed by atoms with Gasteiger partial charge in [-0.15, -0.1) is 0 Å². The number of urea groups is 1. The second-order valence-electron chi connectivity index (χ2n) is 3.95. The fourth-order valence-electron chi connectivity index (χ4n) is 1.52. The fraction of sp³-hybridized carbons (Fsp3) is 0. The van der Waals surface area contributed by atoms with Crippen LogP contribution in [0.2, 0.25) is 0 Å². The summed E-state index contributed by atoms with van der Waals surface area (Å²) in [5, 5.41) is 4.68. The number of carbonyl (C=O) groups is 1. The Morgan fingerprint density at radius 2 is 1.85 bits per heavy atom. The molecule has 0 saturated heterocycles. The summed E-state index contributed by atoms with van der Waals surface area (Å²) in [5.74, 6) is -1.42. The van der Waals surface area contributed by atoms with Crippen LogP contribution < -0.4 is 16.4 Å². The van der Waals surface area contributed by atoms with Gasteiger partial charge in [-0.2, -0.15) is 0 Å². The van der Waals surface area contributed by atoms with Crippen LogP contribution in [-0.4, -0.2) is 6.03 Å². The normalized spacial score (nSPS) is 10.2. The number of rotatable bonds is 2. The van der Waals surface area contributed by atoms with Gasteiger partial charge < -0.3 is 16.4 Å². The van der Waals surface area contributed by atoms with Crippen LogP contribution >= 0.6 is 15.9 Å². The number of hydrogen-bond acceptors (Lipinski definition) is 2. The van der Waals surface area contributed by atoms with Gasteiger partial charge in [-0.1, -0.05) is 6.07 Å². The third kappa shape index (κ3) is 3.45. The van der Waals surface area contributed by atoms with Crippen molar-refractivity contribution >= 4 is 39.0 Å². The van der Waals surface area contributed by atoms with E-state index in [9.17, 15) is 13.6 Å². The van der Waals surface area contributed by atoms with E-state index in [1.807, 2.05) is 0 Å². The maximum Gasteiger partial charge on any atom is 0.323 e. The van der Waals surface area contributed by atoms with E-state index in [0.717, 1.165) is 12.1 Å². The van der Waals surface area contributed by atoms with E-state index in [1.165, 1.54) is 6.07 Å². The Morgan fingerprint density at radius 3 is 2.55 bits per heavy atom. The Hall–Kier alpha value is -2.15. The summed E-state index contributed by atoms with van der Waals surface area (Å²) < 4.78 is 26.8. The van der Waals surface area contributed by atoms with Gasteiger partial charge >= 0.3 is 6.03 Å². The zero-order chi connectivity index (χ0) is 14.7. The summed E-state index contributed by atoms with van der Waals surface area (Å²) in [5.41, 5.74) is 6.22. The van der Waals surface area contributed by atoms with E-state index >= 15 is 0 Å². The highest BCUT2D eigenvalue weighted by Gasteiger charge is 2.11. The molecule has 2 amide bonds. The van der Waals surface area contributed by atoms with E-state index in [0.29, 0.717) is 11.4 Å². The van der Waals surface area contributed by atoms with Gasteiger partial charge in [0, 0.05) is 17.4 Å². The monoisotopic (exact) mass is 341 g/mol. The predicted octanol–water partition coefficient (Wildman–Crippen LogP) is 3.95. The quantitative estimate of drug-likeness (QED) is 0.571. The summed E-state index contributed by atoms with van der Waals surface area (Å²) in [4.78, 5) is 11.7. The molecule has 0 radical (unpaired) electrons. The van der Waals surface area contributed by atoms with Crippen molar-refractivity contribution in [1.82, 2.24) is 0 Å². The molecule has 2 rings (SSSR count). The van der Waals surface area contributed by atoms with Crippen molar-refractivity contribution in [3.8, 4) is 0 Å². The van der Waals surface area contributed by atoms with Crippen molar-refractivity contribution < 1.29 is 13.6 Å². The lowest BCUT2D eigenvalue weighted by Crippen LogP contribution is -2.20. The zero-order valence-electron chi connectivity index (χ0n) is 10.1.